The summed E-state index contributed by atoms with van der Waals surface area (Å²) >= 11 is 0. The molecule has 1 fully saturated rings. The molecule has 2 aliphatic rings. The van der Waals surface area contributed by atoms with Crippen LogP contribution in [0.4, 0.5) is 0 Å². The molecule has 3 nitrogen and oxygen atoms in total. The van der Waals surface area contributed by atoms with Crippen LogP contribution in [0.1, 0.15) is 43.5 Å². The Labute approximate surface area is 166 Å². The third-order valence-electron chi connectivity index (χ3n) is 6.77. The number of nitrogens with zero attached hydrogens (tertiary/aromatic N) is 2. The molecule has 1 aliphatic carbocycles. The number of aliphatic hydroxyl groups excluding tert-OH is 1. The van der Waals surface area contributed by atoms with Gasteiger partial charge in [-0.05, 0) is 36.8 Å². The Morgan fingerprint density at radius 3 is 2.54 bits per heavy atom. The Balaban J connectivity index is 1.54. The van der Waals surface area contributed by atoms with Crippen molar-refractivity contribution >= 4 is 6.08 Å². The van der Waals surface area contributed by atoms with Gasteiger partial charge in [0.15, 0.2) is 0 Å². The SMILES string of the molecule is C[C@]12Cn3cnc(-c4ccccc4)c3C=C1CCCC2[C@@H](O)c1ccccc1. The lowest BCUT2D eigenvalue weighted by Gasteiger charge is -2.48. The lowest BCUT2D eigenvalue weighted by molar-refractivity contribution is 0.0124. The number of allylic oxidation sites excluding steroid dienone is 1. The average molecular weight is 370 g/mol. The van der Waals surface area contributed by atoms with E-state index in [4.69, 9.17) is 4.98 Å². The van der Waals surface area contributed by atoms with Crippen LogP contribution < -0.4 is 0 Å². The second kappa shape index (κ2) is 6.75. The molecule has 142 valence electrons. The minimum atomic E-state index is -0.437. The van der Waals surface area contributed by atoms with Crippen molar-refractivity contribution in [2.75, 3.05) is 0 Å². The minimum absolute atomic E-state index is 0.0465. The van der Waals surface area contributed by atoms with Crippen molar-refractivity contribution in [3.05, 3.63) is 83.8 Å². The fraction of sp³-hybridized carbons (Fsp3) is 0.320. The molecule has 5 rings (SSSR count). The van der Waals surface area contributed by atoms with Gasteiger partial charge in [-0.2, -0.15) is 0 Å². The standard InChI is InChI=1S/C25H26N2O/c1-25-16-27-17-26-23(18-9-4-2-5-10-18)22(27)15-20(25)13-8-14-21(25)24(28)19-11-6-3-7-12-19/h2-7,9-12,15,17,21,24,28H,8,13-14,16H2,1H3/t21?,24-,25-/m0/s1. The summed E-state index contributed by atoms with van der Waals surface area (Å²) in [5.41, 5.74) is 5.86. The van der Waals surface area contributed by atoms with E-state index < -0.39 is 6.10 Å². The maximum absolute atomic E-state index is 11.2. The maximum Gasteiger partial charge on any atom is 0.0958 e. The summed E-state index contributed by atoms with van der Waals surface area (Å²) in [6, 6.07) is 20.5. The summed E-state index contributed by atoms with van der Waals surface area (Å²) in [5, 5.41) is 11.2. The number of aromatic nitrogens is 2. The molecule has 1 aromatic heterocycles. The van der Waals surface area contributed by atoms with Crippen LogP contribution in [0.2, 0.25) is 0 Å². The normalized spacial score (nSPS) is 24.8. The van der Waals surface area contributed by atoms with Crippen molar-refractivity contribution in [1.82, 2.24) is 9.55 Å². The number of benzene rings is 2. The van der Waals surface area contributed by atoms with Gasteiger partial charge in [0.05, 0.1) is 23.8 Å². The number of hydrogen-bond acceptors (Lipinski definition) is 2. The molecule has 1 aliphatic heterocycles. The van der Waals surface area contributed by atoms with Crippen molar-refractivity contribution in [2.45, 2.75) is 38.8 Å². The fourth-order valence-corrected chi connectivity index (χ4v) is 5.21. The third-order valence-corrected chi connectivity index (χ3v) is 6.77. The number of aliphatic hydroxyl groups is 1. The van der Waals surface area contributed by atoms with Gasteiger partial charge in [0.1, 0.15) is 0 Å². The summed E-state index contributed by atoms with van der Waals surface area (Å²) in [4.78, 5) is 4.74. The van der Waals surface area contributed by atoms with E-state index >= 15 is 0 Å². The first kappa shape index (κ1) is 17.4. The lowest BCUT2D eigenvalue weighted by atomic mass is 9.60. The first-order valence-electron chi connectivity index (χ1n) is 10.2. The molecule has 2 aromatic carbocycles. The third kappa shape index (κ3) is 2.73. The zero-order chi connectivity index (χ0) is 19.1. The summed E-state index contributed by atoms with van der Waals surface area (Å²) in [7, 11) is 0. The van der Waals surface area contributed by atoms with Crippen molar-refractivity contribution in [3.63, 3.8) is 0 Å². The van der Waals surface area contributed by atoms with Crippen LogP contribution in [-0.2, 0) is 6.54 Å². The van der Waals surface area contributed by atoms with Crippen molar-refractivity contribution in [2.24, 2.45) is 11.3 Å². The summed E-state index contributed by atoms with van der Waals surface area (Å²) < 4.78 is 2.28. The molecule has 3 atom stereocenters. The smallest absolute Gasteiger partial charge is 0.0958 e. The van der Waals surface area contributed by atoms with E-state index in [1.54, 1.807) is 0 Å². The van der Waals surface area contributed by atoms with E-state index in [0.717, 1.165) is 42.6 Å². The van der Waals surface area contributed by atoms with Crippen LogP contribution in [0.3, 0.4) is 0 Å². The molecule has 28 heavy (non-hydrogen) atoms. The quantitative estimate of drug-likeness (QED) is 0.662. The van der Waals surface area contributed by atoms with E-state index in [2.05, 4.69) is 41.8 Å². The molecule has 0 saturated heterocycles. The molecule has 0 spiro atoms. The summed E-state index contributed by atoms with van der Waals surface area (Å²) in [6.45, 7) is 3.21. The van der Waals surface area contributed by atoms with Crippen molar-refractivity contribution in [3.8, 4) is 11.3 Å². The van der Waals surface area contributed by atoms with E-state index in [-0.39, 0.29) is 11.3 Å². The molecular weight excluding hydrogens is 344 g/mol. The first-order chi connectivity index (χ1) is 13.7. The predicted molar refractivity (Wildman–Crippen MR) is 112 cm³/mol. The van der Waals surface area contributed by atoms with Gasteiger partial charge in [-0.3, -0.25) is 0 Å². The number of hydrogen-bond donors (Lipinski definition) is 1. The Bertz CT molecular complexity index is 1010. The van der Waals surface area contributed by atoms with E-state index in [0.29, 0.717) is 0 Å². The highest BCUT2D eigenvalue weighted by atomic mass is 16.3. The van der Waals surface area contributed by atoms with Crippen molar-refractivity contribution in [1.29, 1.82) is 0 Å². The average Bonchev–Trinajstić information content (AvgIpc) is 3.14. The molecule has 1 unspecified atom stereocenters. The van der Waals surface area contributed by atoms with Crippen molar-refractivity contribution < 1.29 is 5.11 Å². The summed E-state index contributed by atoms with van der Waals surface area (Å²) in [6.07, 6.45) is 7.17. The fourth-order valence-electron chi connectivity index (χ4n) is 5.21. The molecule has 2 heterocycles. The predicted octanol–water partition coefficient (Wildman–Crippen LogP) is 5.49. The molecule has 0 radical (unpaired) electrons. The van der Waals surface area contributed by atoms with Gasteiger partial charge in [-0.15, -0.1) is 0 Å². The van der Waals surface area contributed by atoms with Gasteiger partial charge in [0.2, 0.25) is 0 Å². The molecule has 3 heteroatoms. The highest BCUT2D eigenvalue weighted by molar-refractivity contribution is 5.72. The molecule has 1 N–H and O–H groups in total. The molecule has 0 bridgehead atoms. The summed E-state index contributed by atoms with van der Waals surface area (Å²) in [5.74, 6) is 0.214. The van der Waals surface area contributed by atoms with Gasteiger partial charge in [-0.25, -0.2) is 4.98 Å². The lowest BCUT2D eigenvalue weighted by Crippen LogP contribution is -2.42. The number of imidazole rings is 1. The van der Waals surface area contributed by atoms with Gasteiger partial charge in [-0.1, -0.05) is 73.2 Å². The van der Waals surface area contributed by atoms with Gasteiger partial charge < -0.3 is 9.67 Å². The van der Waals surface area contributed by atoms with Crippen LogP contribution in [0.15, 0.2) is 72.6 Å². The zero-order valence-corrected chi connectivity index (χ0v) is 16.3. The van der Waals surface area contributed by atoms with E-state index in [9.17, 15) is 5.11 Å². The van der Waals surface area contributed by atoms with Crippen LogP contribution in [0.5, 0.6) is 0 Å². The molecular formula is C25H26N2O. The first-order valence-corrected chi connectivity index (χ1v) is 10.2. The van der Waals surface area contributed by atoms with Crippen LogP contribution in [0, 0.1) is 11.3 Å². The van der Waals surface area contributed by atoms with E-state index in [1.807, 2.05) is 42.7 Å². The largest absolute Gasteiger partial charge is 0.388 e. The highest BCUT2D eigenvalue weighted by Crippen LogP contribution is 2.53. The topological polar surface area (TPSA) is 38.0 Å². The Morgan fingerprint density at radius 2 is 1.79 bits per heavy atom. The van der Waals surface area contributed by atoms with E-state index in [1.165, 1.54) is 11.3 Å². The number of fused-ring (bicyclic) bond motifs is 2. The van der Waals surface area contributed by atoms with Gasteiger partial charge in [0.25, 0.3) is 0 Å². The zero-order valence-electron chi connectivity index (χ0n) is 16.3. The minimum Gasteiger partial charge on any atom is -0.388 e. The second-order valence-electron chi connectivity index (χ2n) is 8.41. The Morgan fingerprint density at radius 1 is 1.07 bits per heavy atom. The highest BCUT2D eigenvalue weighted by Gasteiger charge is 2.46. The van der Waals surface area contributed by atoms with Crippen LogP contribution >= 0.6 is 0 Å². The second-order valence-corrected chi connectivity index (χ2v) is 8.41. The van der Waals surface area contributed by atoms with Gasteiger partial charge >= 0.3 is 0 Å². The monoisotopic (exact) mass is 370 g/mol. The maximum atomic E-state index is 11.2. The van der Waals surface area contributed by atoms with Crippen LogP contribution in [-0.4, -0.2) is 14.7 Å². The van der Waals surface area contributed by atoms with Crippen LogP contribution in [0.25, 0.3) is 17.3 Å². The molecule has 3 aromatic rings. The number of rotatable bonds is 3. The Kier molecular flexibility index (Phi) is 4.21. The Hall–Kier alpha value is -2.65. The molecule has 1 saturated carbocycles. The van der Waals surface area contributed by atoms with Gasteiger partial charge in [0, 0.05) is 17.5 Å². The molecule has 0 amide bonds.